The minimum absolute atomic E-state index is 0.0166. The molecule has 0 amide bonds. The molecule has 0 unspecified atom stereocenters. The monoisotopic (exact) mass is 297 g/mol. The summed E-state index contributed by atoms with van der Waals surface area (Å²) in [7, 11) is 0. The lowest BCUT2D eigenvalue weighted by molar-refractivity contribution is 0.0811. The van der Waals surface area contributed by atoms with Gasteiger partial charge < -0.3 is 0 Å². The molecule has 2 nitrogen and oxygen atoms in total. The molecule has 1 atom stereocenters. The second-order valence-electron chi connectivity index (χ2n) is 5.93. The highest BCUT2D eigenvalue weighted by molar-refractivity contribution is 5.98. The van der Waals surface area contributed by atoms with Gasteiger partial charge in [-0.2, -0.15) is 0 Å². The molecule has 0 N–H and O–H groups in total. The lowest BCUT2D eigenvalue weighted by atomic mass is 9.90. The van der Waals surface area contributed by atoms with E-state index in [1.807, 2.05) is 18.2 Å². The van der Waals surface area contributed by atoms with E-state index in [1.165, 1.54) is 17.7 Å². The average Bonchev–Trinajstić information content (AvgIpc) is 2.56. The Bertz CT molecular complexity index is 624. The molecular weight excluding hydrogens is 277 g/mol. The molecule has 0 aromatic heterocycles. The van der Waals surface area contributed by atoms with E-state index in [2.05, 4.69) is 17.0 Å². The summed E-state index contributed by atoms with van der Waals surface area (Å²) in [5.74, 6) is -0.147. The standard InChI is InChI=1S/C19H20FNO/c20-18-10-8-16(9-11-18)19(22)17-7-4-12-21(14-17)13-15-5-2-1-3-6-15/h1-3,5-6,8-11,17H,4,7,12-14H2/t17-/m1/s1. The molecule has 2 aromatic rings. The summed E-state index contributed by atoms with van der Waals surface area (Å²) in [5.41, 5.74) is 1.89. The summed E-state index contributed by atoms with van der Waals surface area (Å²) in [6.07, 6.45) is 1.95. The SMILES string of the molecule is O=C(c1ccc(F)cc1)[C@@H]1CCCN(Cc2ccccc2)C1. The first-order valence-corrected chi connectivity index (χ1v) is 7.78. The van der Waals surface area contributed by atoms with Crippen molar-refractivity contribution in [3.05, 3.63) is 71.5 Å². The Morgan fingerprint density at radius 3 is 2.55 bits per heavy atom. The van der Waals surface area contributed by atoms with Crippen LogP contribution in [-0.4, -0.2) is 23.8 Å². The molecule has 1 saturated heterocycles. The fourth-order valence-electron chi connectivity index (χ4n) is 3.10. The minimum Gasteiger partial charge on any atom is -0.298 e. The summed E-state index contributed by atoms with van der Waals surface area (Å²) >= 11 is 0. The fourth-order valence-corrected chi connectivity index (χ4v) is 3.10. The van der Waals surface area contributed by atoms with Crippen LogP contribution in [0.5, 0.6) is 0 Å². The molecule has 0 bridgehead atoms. The van der Waals surface area contributed by atoms with E-state index in [1.54, 1.807) is 12.1 Å². The molecule has 3 heteroatoms. The van der Waals surface area contributed by atoms with Crippen molar-refractivity contribution in [2.45, 2.75) is 19.4 Å². The number of hydrogen-bond acceptors (Lipinski definition) is 2. The smallest absolute Gasteiger partial charge is 0.167 e. The van der Waals surface area contributed by atoms with Crippen LogP contribution < -0.4 is 0 Å². The molecule has 0 radical (unpaired) electrons. The van der Waals surface area contributed by atoms with Crippen LogP contribution in [0.2, 0.25) is 0 Å². The van der Waals surface area contributed by atoms with E-state index in [-0.39, 0.29) is 17.5 Å². The molecule has 0 spiro atoms. The van der Waals surface area contributed by atoms with Gasteiger partial charge in [0.25, 0.3) is 0 Å². The molecule has 2 aromatic carbocycles. The van der Waals surface area contributed by atoms with Crippen LogP contribution in [0.1, 0.15) is 28.8 Å². The van der Waals surface area contributed by atoms with Gasteiger partial charge in [-0.05, 0) is 49.2 Å². The van der Waals surface area contributed by atoms with Gasteiger partial charge >= 0.3 is 0 Å². The number of piperidine rings is 1. The van der Waals surface area contributed by atoms with Crippen LogP contribution in [0.4, 0.5) is 4.39 Å². The Hall–Kier alpha value is -2.00. The highest BCUT2D eigenvalue weighted by atomic mass is 19.1. The fraction of sp³-hybridized carbons (Fsp3) is 0.316. The predicted octanol–water partition coefficient (Wildman–Crippen LogP) is 3.92. The molecule has 1 aliphatic heterocycles. The van der Waals surface area contributed by atoms with Gasteiger partial charge in [0.1, 0.15) is 5.82 Å². The van der Waals surface area contributed by atoms with Crippen LogP contribution in [0.25, 0.3) is 0 Å². The van der Waals surface area contributed by atoms with Crippen molar-refractivity contribution in [2.24, 2.45) is 5.92 Å². The van der Waals surface area contributed by atoms with Crippen molar-refractivity contribution in [1.29, 1.82) is 0 Å². The minimum atomic E-state index is -0.300. The number of carbonyl (C=O) groups is 1. The molecule has 1 fully saturated rings. The highest BCUT2D eigenvalue weighted by Crippen LogP contribution is 2.22. The maximum atomic E-state index is 13.0. The van der Waals surface area contributed by atoms with Crippen LogP contribution in [0, 0.1) is 11.7 Å². The van der Waals surface area contributed by atoms with Gasteiger partial charge in [-0.15, -0.1) is 0 Å². The third kappa shape index (κ3) is 3.60. The Morgan fingerprint density at radius 2 is 1.82 bits per heavy atom. The topological polar surface area (TPSA) is 20.3 Å². The van der Waals surface area contributed by atoms with Gasteiger partial charge in [0.2, 0.25) is 0 Å². The van der Waals surface area contributed by atoms with Crippen LogP contribution in [0.3, 0.4) is 0 Å². The van der Waals surface area contributed by atoms with Gasteiger partial charge in [-0.3, -0.25) is 9.69 Å². The van der Waals surface area contributed by atoms with Crippen LogP contribution >= 0.6 is 0 Å². The van der Waals surface area contributed by atoms with E-state index in [0.29, 0.717) is 5.56 Å². The van der Waals surface area contributed by atoms with Gasteiger partial charge in [0.15, 0.2) is 5.78 Å². The van der Waals surface area contributed by atoms with E-state index in [4.69, 9.17) is 0 Å². The number of Topliss-reactive ketones (excluding diaryl/α,β-unsaturated/α-hetero) is 1. The summed E-state index contributed by atoms with van der Waals surface area (Å²) < 4.78 is 13.0. The van der Waals surface area contributed by atoms with E-state index < -0.39 is 0 Å². The Morgan fingerprint density at radius 1 is 1.09 bits per heavy atom. The van der Waals surface area contributed by atoms with Crippen molar-refractivity contribution in [2.75, 3.05) is 13.1 Å². The Balaban J connectivity index is 1.65. The number of benzene rings is 2. The molecule has 0 saturated carbocycles. The van der Waals surface area contributed by atoms with E-state index in [0.717, 1.165) is 32.5 Å². The van der Waals surface area contributed by atoms with Crippen molar-refractivity contribution >= 4 is 5.78 Å². The summed E-state index contributed by atoms with van der Waals surface area (Å²) in [4.78, 5) is 14.9. The van der Waals surface area contributed by atoms with Crippen LogP contribution in [0.15, 0.2) is 54.6 Å². The van der Waals surface area contributed by atoms with E-state index in [9.17, 15) is 9.18 Å². The van der Waals surface area contributed by atoms with Crippen molar-refractivity contribution in [3.8, 4) is 0 Å². The molecule has 1 heterocycles. The molecule has 22 heavy (non-hydrogen) atoms. The Kier molecular flexibility index (Phi) is 4.64. The maximum Gasteiger partial charge on any atom is 0.167 e. The first-order chi connectivity index (χ1) is 10.7. The largest absolute Gasteiger partial charge is 0.298 e. The number of hydrogen-bond donors (Lipinski definition) is 0. The van der Waals surface area contributed by atoms with E-state index >= 15 is 0 Å². The zero-order chi connectivity index (χ0) is 15.4. The van der Waals surface area contributed by atoms with Gasteiger partial charge in [-0.25, -0.2) is 4.39 Å². The van der Waals surface area contributed by atoms with Crippen molar-refractivity contribution < 1.29 is 9.18 Å². The first kappa shape index (κ1) is 14.9. The third-order valence-electron chi connectivity index (χ3n) is 4.25. The number of halogens is 1. The lowest BCUT2D eigenvalue weighted by Gasteiger charge is -2.32. The Labute approximate surface area is 130 Å². The number of likely N-dealkylation sites (tertiary alicyclic amines) is 1. The third-order valence-corrected chi connectivity index (χ3v) is 4.25. The molecular formula is C19H20FNO. The van der Waals surface area contributed by atoms with Crippen molar-refractivity contribution in [1.82, 2.24) is 4.90 Å². The van der Waals surface area contributed by atoms with Gasteiger partial charge in [-0.1, -0.05) is 30.3 Å². The quantitative estimate of drug-likeness (QED) is 0.797. The summed E-state index contributed by atoms with van der Waals surface area (Å²) in [5, 5.41) is 0. The average molecular weight is 297 g/mol. The zero-order valence-corrected chi connectivity index (χ0v) is 12.5. The summed E-state index contributed by atoms with van der Waals surface area (Å²) in [6, 6.07) is 16.2. The number of carbonyl (C=O) groups excluding carboxylic acids is 1. The summed E-state index contributed by atoms with van der Waals surface area (Å²) in [6.45, 7) is 2.70. The second-order valence-corrected chi connectivity index (χ2v) is 5.93. The van der Waals surface area contributed by atoms with Crippen molar-refractivity contribution in [3.63, 3.8) is 0 Å². The predicted molar refractivity (Wildman–Crippen MR) is 85.2 cm³/mol. The normalized spacial score (nSPS) is 19.0. The molecule has 114 valence electrons. The second kappa shape index (κ2) is 6.84. The lowest BCUT2D eigenvalue weighted by Crippen LogP contribution is -2.38. The maximum absolute atomic E-state index is 13.0. The van der Waals surface area contributed by atoms with Gasteiger partial charge in [0, 0.05) is 24.6 Å². The molecule has 1 aliphatic rings. The van der Waals surface area contributed by atoms with Crippen LogP contribution in [-0.2, 0) is 6.54 Å². The molecule has 0 aliphatic carbocycles. The highest BCUT2D eigenvalue weighted by Gasteiger charge is 2.26. The zero-order valence-electron chi connectivity index (χ0n) is 12.5. The van der Waals surface area contributed by atoms with Gasteiger partial charge in [0.05, 0.1) is 0 Å². The first-order valence-electron chi connectivity index (χ1n) is 7.78. The number of rotatable bonds is 4. The number of ketones is 1. The number of nitrogens with zero attached hydrogens (tertiary/aromatic N) is 1. The molecule has 3 rings (SSSR count).